The van der Waals surface area contributed by atoms with Crippen molar-refractivity contribution in [2.45, 2.75) is 32.0 Å². The van der Waals surface area contributed by atoms with E-state index in [0.29, 0.717) is 13.2 Å². The summed E-state index contributed by atoms with van der Waals surface area (Å²) in [6.45, 7) is 1.01. The number of imidazole rings is 1. The number of ether oxygens (including phenoxy) is 1. The van der Waals surface area contributed by atoms with Crippen LogP contribution in [0, 0.1) is 0 Å². The minimum Gasteiger partial charge on any atom is -0.444 e. The van der Waals surface area contributed by atoms with Gasteiger partial charge in [0.25, 0.3) is 0 Å². The van der Waals surface area contributed by atoms with Crippen molar-refractivity contribution in [2.75, 3.05) is 6.54 Å². The van der Waals surface area contributed by atoms with Crippen molar-refractivity contribution in [1.82, 2.24) is 14.5 Å². The number of nitrogens with zero attached hydrogens (tertiary/aromatic N) is 3. The highest BCUT2D eigenvalue weighted by atomic mass is 16.6. The van der Waals surface area contributed by atoms with Crippen LogP contribution in [0.5, 0.6) is 0 Å². The zero-order valence-corrected chi connectivity index (χ0v) is 14.0. The van der Waals surface area contributed by atoms with Gasteiger partial charge in [-0.2, -0.15) is 0 Å². The van der Waals surface area contributed by atoms with Crippen molar-refractivity contribution in [3.63, 3.8) is 0 Å². The van der Waals surface area contributed by atoms with E-state index in [-0.39, 0.29) is 12.3 Å². The van der Waals surface area contributed by atoms with E-state index < -0.39 is 0 Å². The molecule has 1 aromatic heterocycles. The van der Waals surface area contributed by atoms with Crippen molar-refractivity contribution in [3.8, 4) is 0 Å². The van der Waals surface area contributed by atoms with Crippen molar-refractivity contribution in [1.29, 1.82) is 0 Å². The van der Waals surface area contributed by atoms with Crippen LogP contribution in [0.15, 0.2) is 60.9 Å². The molecule has 128 valence electrons. The molecule has 0 spiro atoms. The highest BCUT2D eigenvalue weighted by molar-refractivity contribution is 5.75. The van der Waals surface area contributed by atoms with E-state index in [1.165, 1.54) is 0 Å². The van der Waals surface area contributed by atoms with Gasteiger partial charge in [0.15, 0.2) is 0 Å². The Bertz CT molecular complexity index is 860. The molecule has 3 aromatic rings. The number of likely N-dealkylation sites (tertiary alicyclic amines) is 1. The van der Waals surface area contributed by atoms with Crippen LogP contribution < -0.4 is 0 Å². The molecule has 1 aliphatic heterocycles. The van der Waals surface area contributed by atoms with Gasteiger partial charge in [-0.15, -0.1) is 0 Å². The molecule has 5 nitrogen and oxygen atoms in total. The van der Waals surface area contributed by atoms with Gasteiger partial charge in [-0.1, -0.05) is 42.5 Å². The van der Waals surface area contributed by atoms with Crippen molar-refractivity contribution in [2.24, 2.45) is 0 Å². The second-order valence-electron chi connectivity index (χ2n) is 6.35. The molecule has 0 aliphatic carbocycles. The number of hydrogen-bond acceptors (Lipinski definition) is 3. The molecule has 0 radical (unpaired) electrons. The number of para-hydroxylation sites is 2. The second kappa shape index (κ2) is 6.97. The Kier molecular flexibility index (Phi) is 4.37. The van der Waals surface area contributed by atoms with Crippen LogP contribution in [0.25, 0.3) is 11.0 Å². The zero-order valence-electron chi connectivity index (χ0n) is 14.0. The SMILES string of the molecule is O=C(OCc1ccccc1)N1CCCCC1n1cnc2ccccc21. The van der Waals surface area contributed by atoms with E-state index in [1.807, 2.05) is 65.8 Å². The standard InChI is InChI=1S/C20H21N3O2/c24-20(25-14-16-8-2-1-3-9-16)22-13-7-6-12-19(22)23-15-21-17-10-4-5-11-18(17)23/h1-5,8-11,15,19H,6-7,12-14H2. The minimum absolute atomic E-state index is 0.0376. The quantitative estimate of drug-likeness (QED) is 0.714. The summed E-state index contributed by atoms with van der Waals surface area (Å²) in [6.07, 6.45) is 4.55. The Labute approximate surface area is 146 Å². The molecule has 1 saturated heterocycles. The van der Waals surface area contributed by atoms with Crippen molar-refractivity contribution >= 4 is 17.1 Å². The molecular formula is C20H21N3O2. The molecule has 1 unspecified atom stereocenters. The van der Waals surface area contributed by atoms with Gasteiger partial charge in [0.2, 0.25) is 0 Å². The molecule has 1 atom stereocenters. The van der Waals surface area contributed by atoms with Crippen LogP contribution in [0.1, 0.15) is 31.0 Å². The van der Waals surface area contributed by atoms with E-state index in [1.54, 1.807) is 0 Å². The summed E-state index contributed by atoms with van der Waals surface area (Å²) in [5.74, 6) is 0. The van der Waals surface area contributed by atoms with E-state index in [4.69, 9.17) is 4.74 Å². The predicted octanol–water partition coefficient (Wildman–Crippen LogP) is 4.36. The number of aromatic nitrogens is 2. The number of piperidine rings is 1. The third kappa shape index (κ3) is 3.22. The maximum atomic E-state index is 12.7. The van der Waals surface area contributed by atoms with Gasteiger partial charge in [0, 0.05) is 6.54 Å². The topological polar surface area (TPSA) is 47.4 Å². The molecule has 5 heteroatoms. The maximum absolute atomic E-state index is 12.7. The average Bonchev–Trinajstić information content (AvgIpc) is 3.11. The van der Waals surface area contributed by atoms with Gasteiger partial charge in [0.1, 0.15) is 12.8 Å². The van der Waals surface area contributed by atoms with E-state index in [9.17, 15) is 4.79 Å². The first-order valence-corrected chi connectivity index (χ1v) is 8.72. The fourth-order valence-corrected chi connectivity index (χ4v) is 3.43. The Morgan fingerprint density at radius 3 is 2.76 bits per heavy atom. The molecule has 0 N–H and O–H groups in total. The first kappa shape index (κ1) is 15.7. The maximum Gasteiger partial charge on any atom is 0.411 e. The number of amides is 1. The van der Waals surface area contributed by atoms with Crippen LogP contribution >= 0.6 is 0 Å². The summed E-state index contributed by atoms with van der Waals surface area (Å²) in [4.78, 5) is 19.0. The molecule has 1 amide bonds. The van der Waals surface area contributed by atoms with Gasteiger partial charge >= 0.3 is 6.09 Å². The summed E-state index contributed by atoms with van der Waals surface area (Å²) in [5, 5.41) is 0. The number of benzene rings is 2. The van der Waals surface area contributed by atoms with E-state index >= 15 is 0 Å². The molecule has 25 heavy (non-hydrogen) atoms. The zero-order chi connectivity index (χ0) is 17.1. The molecule has 2 heterocycles. The lowest BCUT2D eigenvalue weighted by molar-refractivity contribution is 0.0495. The van der Waals surface area contributed by atoms with Crippen molar-refractivity contribution < 1.29 is 9.53 Å². The predicted molar refractivity (Wildman–Crippen MR) is 96.0 cm³/mol. The molecule has 1 fully saturated rings. The third-order valence-corrected chi connectivity index (χ3v) is 4.71. The van der Waals surface area contributed by atoms with Crippen LogP contribution in [-0.2, 0) is 11.3 Å². The number of rotatable bonds is 3. The van der Waals surface area contributed by atoms with Gasteiger partial charge in [-0.05, 0) is 37.0 Å². The van der Waals surface area contributed by atoms with Crippen LogP contribution in [-0.4, -0.2) is 27.1 Å². The highest BCUT2D eigenvalue weighted by Crippen LogP contribution is 2.29. The molecule has 1 aliphatic rings. The minimum atomic E-state index is -0.258. The summed E-state index contributed by atoms with van der Waals surface area (Å²) < 4.78 is 7.66. The Balaban J connectivity index is 1.53. The van der Waals surface area contributed by atoms with Crippen LogP contribution in [0.3, 0.4) is 0 Å². The molecular weight excluding hydrogens is 314 g/mol. The second-order valence-corrected chi connectivity index (χ2v) is 6.35. The van der Waals surface area contributed by atoms with Crippen LogP contribution in [0.2, 0.25) is 0 Å². The molecule has 2 aromatic carbocycles. The molecule has 0 bridgehead atoms. The van der Waals surface area contributed by atoms with Crippen molar-refractivity contribution in [3.05, 3.63) is 66.5 Å². The number of fused-ring (bicyclic) bond motifs is 1. The molecule has 4 rings (SSSR count). The largest absolute Gasteiger partial charge is 0.444 e. The Morgan fingerprint density at radius 2 is 1.88 bits per heavy atom. The van der Waals surface area contributed by atoms with Gasteiger partial charge < -0.3 is 9.30 Å². The third-order valence-electron chi connectivity index (χ3n) is 4.71. The van der Waals surface area contributed by atoms with E-state index in [2.05, 4.69) is 9.55 Å². The normalized spacial score (nSPS) is 17.6. The van der Waals surface area contributed by atoms with Gasteiger partial charge in [-0.25, -0.2) is 9.78 Å². The van der Waals surface area contributed by atoms with Gasteiger partial charge in [0.05, 0.1) is 17.4 Å². The van der Waals surface area contributed by atoms with E-state index in [0.717, 1.165) is 35.9 Å². The number of hydrogen-bond donors (Lipinski definition) is 0. The summed E-state index contributed by atoms with van der Waals surface area (Å²) >= 11 is 0. The van der Waals surface area contributed by atoms with Gasteiger partial charge in [-0.3, -0.25) is 4.90 Å². The lowest BCUT2D eigenvalue weighted by atomic mass is 10.1. The lowest BCUT2D eigenvalue weighted by Crippen LogP contribution is -2.41. The lowest BCUT2D eigenvalue weighted by Gasteiger charge is -2.35. The summed E-state index contributed by atoms with van der Waals surface area (Å²) in [5.41, 5.74) is 3.00. The summed E-state index contributed by atoms with van der Waals surface area (Å²) in [7, 11) is 0. The Morgan fingerprint density at radius 1 is 1.08 bits per heavy atom. The highest BCUT2D eigenvalue weighted by Gasteiger charge is 2.30. The smallest absolute Gasteiger partial charge is 0.411 e. The fraction of sp³-hybridized carbons (Fsp3) is 0.300. The van der Waals surface area contributed by atoms with Crippen LogP contribution in [0.4, 0.5) is 4.79 Å². The Hall–Kier alpha value is -2.82. The number of carbonyl (C=O) groups is 1. The monoisotopic (exact) mass is 335 g/mol. The fourth-order valence-electron chi connectivity index (χ4n) is 3.43. The molecule has 0 saturated carbocycles. The number of carbonyl (C=O) groups excluding carboxylic acids is 1. The first-order chi connectivity index (χ1) is 12.3. The first-order valence-electron chi connectivity index (χ1n) is 8.72. The average molecular weight is 335 g/mol. The summed E-state index contributed by atoms with van der Waals surface area (Å²) in [6, 6.07) is 17.8.